The molecule has 0 aliphatic rings. The van der Waals surface area contributed by atoms with Crippen LogP contribution in [0.15, 0.2) is 59.7 Å². The Hall–Kier alpha value is -3.09. The predicted molar refractivity (Wildman–Crippen MR) is 124 cm³/mol. The number of hydrogen-bond donors (Lipinski definition) is 2. The van der Waals surface area contributed by atoms with E-state index in [4.69, 9.17) is 23.2 Å². The van der Waals surface area contributed by atoms with Crippen LogP contribution in [0.4, 0.5) is 0 Å². The summed E-state index contributed by atoms with van der Waals surface area (Å²) in [6.07, 6.45) is 1.50. The molecule has 1 heterocycles. The van der Waals surface area contributed by atoms with E-state index in [0.717, 1.165) is 28.2 Å². The first-order valence-electron chi connectivity index (χ1n) is 9.61. The quantitative estimate of drug-likeness (QED) is 0.330. The van der Waals surface area contributed by atoms with Crippen LogP contribution < -0.4 is 10.7 Å². The molecule has 0 aliphatic carbocycles. The summed E-state index contributed by atoms with van der Waals surface area (Å²) in [5, 5.41) is 7.53. The van der Waals surface area contributed by atoms with Gasteiger partial charge in [0, 0.05) is 22.6 Å². The molecule has 2 N–H and O–H groups in total. The first-order chi connectivity index (χ1) is 14.8. The first-order valence-corrected chi connectivity index (χ1v) is 10.4. The number of amides is 2. The van der Waals surface area contributed by atoms with Gasteiger partial charge in [-0.05, 0) is 50.6 Å². The van der Waals surface area contributed by atoms with Gasteiger partial charge in [-0.3, -0.25) is 9.59 Å². The van der Waals surface area contributed by atoms with E-state index in [9.17, 15) is 9.59 Å². The van der Waals surface area contributed by atoms with E-state index in [2.05, 4.69) is 15.8 Å². The maximum atomic E-state index is 12.1. The van der Waals surface area contributed by atoms with Crippen molar-refractivity contribution in [1.82, 2.24) is 15.3 Å². The molecular weight excluding hydrogens is 435 g/mol. The molecule has 0 spiro atoms. The Morgan fingerprint density at radius 3 is 2.39 bits per heavy atom. The number of halogens is 2. The molecule has 1 aromatic heterocycles. The zero-order valence-electron chi connectivity index (χ0n) is 17.3. The number of aromatic nitrogens is 1. The van der Waals surface area contributed by atoms with Crippen molar-refractivity contribution in [2.24, 2.45) is 5.10 Å². The number of carbonyl (C=O) groups excluding carboxylic acids is 2. The molecule has 31 heavy (non-hydrogen) atoms. The maximum absolute atomic E-state index is 12.1. The summed E-state index contributed by atoms with van der Waals surface area (Å²) < 4.78 is 2.00. The average molecular weight is 457 g/mol. The molecule has 1 atom stereocenters. The van der Waals surface area contributed by atoms with Gasteiger partial charge in [0.1, 0.15) is 0 Å². The number of hydrazone groups is 1. The summed E-state index contributed by atoms with van der Waals surface area (Å²) >= 11 is 12.1. The second-order valence-corrected chi connectivity index (χ2v) is 7.88. The Labute approximate surface area is 190 Å². The third-order valence-electron chi connectivity index (χ3n) is 4.85. The minimum Gasteiger partial charge on any atom is -0.341 e. The predicted octanol–water partition coefficient (Wildman–Crippen LogP) is 4.73. The molecule has 0 bridgehead atoms. The van der Waals surface area contributed by atoms with Crippen LogP contribution in [0.5, 0.6) is 0 Å². The Morgan fingerprint density at radius 1 is 1.00 bits per heavy atom. The van der Waals surface area contributed by atoms with Crippen molar-refractivity contribution < 1.29 is 9.59 Å². The summed E-state index contributed by atoms with van der Waals surface area (Å²) in [5.74, 6) is -1.59. The summed E-state index contributed by atoms with van der Waals surface area (Å²) in [4.78, 5) is 24.2. The number of aryl methyl sites for hydroxylation is 1. The van der Waals surface area contributed by atoms with Gasteiger partial charge in [0.15, 0.2) is 0 Å². The lowest BCUT2D eigenvalue weighted by molar-refractivity contribution is -0.139. The van der Waals surface area contributed by atoms with Crippen LogP contribution >= 0.6 is 23.2 Å². The number of benzene rings is 2. The molecule has 0 radical (unpaired) electrons. The van der Waals surface area contributed by atoms with Gasteiger partial charge in [0.25, 0.3) is 0 Å². The van der Waals surface area contributed by atoms with Crippen LogP contribution in [0.3, 0.4) is 0 Å². The minimum absolute atomic E-state index is 0.298. The topological polar surface area (TPSA) is 75.5 Å². The summed E-state index contributed by atoms with van der Waals surface area (Å²) in [7, 11) is 0. The van der Waals surface area contributed by atoms with Crippen LogP contribution in [0.1, 0.15) is 35.5 Å². The molecule has 0 saturated heterocycles. The lowest BCUT2D eigenvalue weighted by atomic mass is 10.1. The third-order valence-corrected chi connectivity index (χ3v) is 5.59. The number of nitrogens with one attached hydrogen (secondary N) is 2. The third kappa shape index (κ3) is 5.34. The van der Waals surface area contributed by atoms with Crippen molar-refractivity contribution in [3.8, 4) is 5.69 Å². The van der Waals surface area contributed by atoms with Gasteiger partial charge in [-0.1, -0.05) is 53.5 Å². The highest BCUT2D eigenvalue weighted by molar-refractivity contribution is 6.42. The van der Waals surface area contributed by atoms with Gasteiger partial charge in [-0.25, -0.2) is 5.43 Å². The van der Waals surface area contributed by atoms with Crippen LogP contribution in [-0.2, 0) is 9.59 Å². The standard InChI is InChI=1S/C23H22Cl2N4O2/c1-14-11-18(16(3)29(14)19-9-10-20(24)21(25)12-19)13-26-28-23(31)22(30)27-15(2)17-7-5-4-6-8-17/h4-13,15H,1-3H3,(H,27,30)(H,28,31)/b26-13-/t15-/m0/s1. The van der Waals surface area contributed by atoms with Gasteiger partial charge in [-0.15, -0.1) is 0 Å². The molecule has 2 amide bonds. The largest absolute Gasteiger partial charge is 0.341 e. The zero-order valence-corrected chi connectivity index (χ0v) is 18.8. The molecular formula is C23H22Cl2N4O2. The van der Waals surface area contributed by atoms with Crippen molar-refractivity contribution in [3.63, 3.8) is 0 Å². The fourth-order valence-electron chi connectivity index (χ4n) is 3.24. The van der Waals surface area contributed by atoms with Gasteiger partial charge >= 0.3 is 11.8 Å². The summed E-state index contributed by atoms with van der Waals surface area (Å²) in [5.41, 5.74) is 6.69. The summed E-state index contributed by atoms with van der Waals surface area (Å²) in [6.45, 7) is 5.68. The van der Waals surface area contributed by atoms with Crippen LogP contribution in [0.25, 0.3) is 5.69 Å². The van der Waals surface area contributed by atoms with Crippen LogP contribution in [0, 0.1) is 13.8 Å². The highest BCUT2D eigenvalue weighted by Crippen LogP contribution is 2.27. The van der Waals surface area contributed by atoms with E-state index >= 15 is 0 Å². The van der Waals surface area contributed by atoms with Crippen LogP contribution in [0.2, 0.25) is 10.0 Å². The number of rotatable bonds is 5. The molecule has 0 fully saturated rings. The van der Waals surface area contributed by atoms with Gasteiger partial charge in [0.2, 0.25) is 0 Å². The van der Waals surface area contributed by atoms with E-state index in [1.165, 1.54) is 6.21 Å². The van der Waals surface area contributed by atoms with Gasteiger partial charge in [-0.2, -0.15) is 5.10 Å². The molecule has 3 aromatic rings. The Kier molecular flexibility index (Phi) is 7.15. The zero-order chi connectivity index (χ0) is 22.5. The van der Waals surface area contributed by atoms with E-state index in [0.29, 0.717) is 10.0 Å². The van der Waals surface area contributed by atoms with Crippen molar-refractivity contribution in [2.75, 3.05) is 0 Å². The Balaban J connectivity index is 1.66. The second kappa shape index (κ2) is 9.81. The average Bonchev–Trinajstić information content (AvgIpc) is 3.03. The number of hydrogen-bond acceptors (Lipinski definition) is 3. The van der Waals surface area contributed by atoms with E-state index in [1.807, 2.05) is 67.8 Å². The highest BCUT2D eigenvalue weighted by atomic mass is 35.5. The lowest BCUT2D eigenvalue weighted by Gasteiger charge is -2.13. The first kappa shape index (κ1) is 22.6. The van der Waals surface area contributed by atoms with Crippen LogP contribution in [-0.4, -0.2) is 22.6 Å². The second-order valence-electron chi connectivity index (χ2n) is 7.07. The monoisotopic (exact) mass is 456 g/mol. The van der Waals surface area contributed by atoms with Crippen molar-refractivity contribution in [1.29, 1.82) is 0 Å². The smallest absolute Gasteiger partial charge is 0.329 e. The van der Waals surface area contributed by atoms with Crippen molar-refractivity contribution in [2.45, 2.75) is 26.8 Å². The molecule has 0 saturated carbocycles. The number of carbonyl (C=O) groups is 2. The molecule has 0 aliphatic heterocycles. The van der Waals surface area contributed by atoms with Crippen molar-refractivity contribution in [3.05, 3.63) is 87.2 Å². The lowest BCUT2D eigenvalue weighted by Crippen LogP contribution is -2.39. The van der Waals surface area contributed by atoms with E-state index in [-0.39, 0.29) is 6.04 Å². The molecule has 0 unspecified atom stereocenters. The van der Waals surface area contributed by atoms with E-state index < -0.39 is 11.8 Å². The van der Waals surface area contributed by atoms with E-state index in [1.54, 1.807) is 12.1 Å². The Bertz CT molecular complexity index is 1140. The minimum atomic E-state index is -0.836. The highest BCUT2D eigenvalue weighted by Gasteiger charge is 2.16. The summed E-state index contributed by atoms with van der Waals surface area (Å²) in [6, 6.07) is 16.4. The fourth-order valence-corrected chi connectivity index (χ4v) is 3.53. The Morgan fingerprint density at radius 2 is 1.71 bits per heavy atom. The molecule has 8 heteroatoms. The molecule has 3 rings (SSSR count). The maximum Gasteiger partial charge on any atom is 0.329 e. The SMILES string of the molecule is Cc1cc(/C=N\NC(=O)C(=O)N[C@@H](C)c2ccccc2)c(C)n1-c1ccc(Cl)c(Cl)c1. The fraction of sp³-hybridized carbons (Fsp3) is 0.174. The molecule has 6 nitrogen and oxygen atoms in total. The normalized spacial score (nSPS) is 12.0. The van der Waals surface area contributed by atoms with Gasteiger partial charge in [0.05, 0.1) is 22.3 Å². The van der Waals surface area contributed by atoms with Crippen molar-refractivity contribution >= 4 is 41.2 Å². The molecule has 160 valence electrons. The molecule has 2 aromatic carbocycles. The van der Waals surface area contributed by atoms with Gasteiger partial charge < -0.3 is 9.88 Å². The number of nitrogens with zero attached hydrogens (tertiary/aromatic N) is 2.